The maximum atomic E-state index is 8.67. The van der Waals surface area contributed by atoms with Gasteiger partial charge in [-0.2, -0.15) is 20.2 Å². The molecule has 72 valence electrons. The fourth-order valence-electron chi connectivity index (χ4n) is 1.12. The van der Waals surface area contributed by atoms with Crippen molar-refractivity contribution >= 4 is 11.6 Å². The van der Waals surface area contributed by atoms with Gasteiger partial charge in [-0.1, -0.05) is 30.3 Å². The van der Waals surface area contributed by atoms with Crippen LogP contribution >= 0.6 is 11.6 Å². The molecule has 1 heterocycles. The molecule has 0 aliphatic carbocycles. The van der Waals surface area contributed by atoms with E-state index in [-0.39, 0.29) is 11.1 Å². The third kappa shape index (κ3) is 2.09. The van der Waals surface area contributed by atoms with Gasteiger partial charge in [0.1, 0.15) is 6.07 Å². The topological polar surface area (TPSA) is 62.5 Å². The van der Waals surface area contributed by atoms with Crippen LogP contribution in [0.15, 0.2) is 30.3 Å². The number of hydrogen-bond acceptors (Lipinski definition) is 4. The van der Waals surface area contributed by atoms with Crippen LogP contribution < -0.4 is 0 Å². The Morgan fingerprint density at radius 2 is 1.80 bits per heavy atom. The number of hydrogen-bond donors (Lipinski definition) is 0. The predicted molar refractivity (Wildman–Crippen MR) is 55.0 cm³/mol. The summed E-state index contributed by atoms with van der Waals surface area (Å²) in [4.78, 5) is 11.6. The van der Waals surface area contributed by atoms with Crippen molar-refractivity contribution in [3.05, 3.63) is 41.4 Å². The minimum atomic E-state index is 0.0221. The van der Waals surface area contributed by atoms with Crippen molar-refractivity contribution in [1.29, 1.82) is 5.26 Å². The molecule has 0 fully saturated rings. The van der Waals surface area contributed by atoms with Crippen LogP contribution in [0.3, 0.4) is 0 Å². The van der Waals surface area contributed by atoms with Gasteiger partial charge in [0.15, 0.2) is 5.82 Å². The van der Waals surface area contributed by atoms with E-state index in [1.165, 1.54) is 0 Å². The predicted octanol–water partition coefficient (Wildman–Crippen LogP) is 2.06. The molecular formula is C10H5ClN4. The summed E-state index contributed by atoms with van der Waals surface area (Å²) in [5, 5.41) is 8.70. The van der Waals surface area contributed by atoms with Gasteiger partial charge in [0.2, 0.25) is 11.1 Å². The van der Waals surface area contributed by atoms with Crippen LogP contribution in [0.2, 0.25) is 5.28 Å². The van der Waals surface area contributed by atoms with Gasteiger partial charge in [0.05, 0.1) is 0 Å². The third-order valence-corrected chi connectivity index (χ3v) is 1.91. The highest BCUT2D eigenvalue weighted by atomic mass is 35.5. The number of halogens is 1. The highest BCUT2D eigenvalue weighted by Crippen LogP contribution is 2.15. The number of rotatable bonds is 1. The summed E-state index contributed by atoms with van der Waals surface area (Å²) in [5.41, 5.74) is 0.804. The summed E-state index contributed by atoms with van der Waals surface area (Å²) in [7, 11) is 0. The van der Waals surface area contributed by atoms with Crippen LogP contribution in [0, 0.1) is 11.3 Å². The minimum absolute atomic E-state index is 0.0221. The summed E-state index contributed by atoms with van der Waals surface area (Å²) >= 11 is 5.67. The molecule has 0 N–H and O–H groups in total. The Morgan fingerprint density at radius 1 is 1.07 bits per heavy atom. The molecule has 0 amide bonds. The summed E-state index contributed by atoms with van der Waals surface area (Å²) in [5.74, 6) is 0.431. The molecule has 0 saturated carbocycles. The van der Waals surface area contributed by atoms with E-state index in [9.17, 15) is 0 Å². The average molecular weight is 217 g/mol. The highest BCUT2D eigenvalue weighted by Gasteiger charge is 2.05. The molecule has 0 atom stereocenters. The summed E-state index contributed by atoms with van der Waals surface area (Å²) in [6, 6.07) is 11.1. The van der Waals surface area contributed by atoms with Gasteiger partial charge in [0, 0.05) is 5.56 Å². The first-order chi connectivity index (χ1) is 7.29. The molecule has 5 heteroatoms. The minimum Gasteiger partial charge on any atom is -0.199 e. The van der Waals surface area contributed by atoms with Gasteiger partial charge in [-0.3, -0.25) is 0 Å². The van der Waals surface area contributed by atoms with Crippen molar-refractivity contribution in [1.82, 2.24) is 15.0 Å². The summed E-state index contributed by atoms with van der Waals surface area (Å²) in [6.07, 6.45) is 0. The molecule has 0 spiro atoms. The van der Waals surface area contributed by atoms with E-state index in [1.54, 1.807) is 0 Å². The van der Waals surface area contributed by atoms with Crippen molar-refractivity contribution in [3.8, 4) is 17.5 Å². The SMILES string of the molecule is N#Cc1nc(Cl)nc(-c2ccccc2)n1. The van der Waals surface area contributed by atoms with Gasteiger partial charge in [-0.05, 0) is 11.6 Å². The number of aromatic nitrogens is 3. The Balaban J connectivity index is 2.55. The van der Waals surface area contributed by atoms with Crippen LogP contribution in [-0.2, 0) is 0 Å². The van der Waals surface area contributed by atoms with Gasteiger partial charge in [-0.15, -0.1) is 0 Å². The molecule has 2 rings (SSSR count). The first-order valence-corrected chi connectivity index (χ1v) is 4.54. The molecule has 2 aromatic rings. The van der Waals surface area contributed by atoms with Crippen LogP contribution in [0.4, 0.5) is 0 Å². The van der Waals surface area contributed by atoms with E-state index in [0.29, 0.717) is 5.82 Å². The van der Waals surface area contributed by atoms with Gasteiger partial charge in [0.25, 0.3) is 0 Å². The molecule has 1 aromatic carbocycles. The first kappa shape index (κ1) is 9.56. The first-order valence-electron chi connectivity index (χ1n) is 4.16. The highest BCUT2D eigenvalue weighted by molar-refractivity contribution is 6.28. The summed E-state index contributed by atoms with van der Waals surface area (Å²) < 4.78 is 0. The lowest BCUT2D eigenvalue weighted by molar-refractivity contribution is 1.02. The molecule has 0 bridgehead atoms. The van der Waals surface area contributed by atoms with Crippen LogP contribution in [0.1, 0.15) is 5.82 Å². The Labute approximate surface area is 91.2 Å². The molecule has 0 aliphatic rings. The van der Waals surface area contributed by atoms with Crippen molar-refractivity contribution in [2.24, 2.45) is 0 Å². The Kier molecular flexibility index (Phi) is 2.57. The van der Waals surface area contributed by atoms with Crippen LogP contribution in [0.5, 0.6) is 0 Å². The molecule has 0 aliphatic heterocycles. The Bertz CT molecular complexity index is 519. The van der Waals surface area contributed by atoms with Crippen molar-refractivity contribution in [2.75, 3.05) is 0 Å². The van der Waals surface area contributed by atoms with Gasteiger partial charge >= 0.3 is 0 Å². The largest absolute Gasteiger partial charge is 0.237 e. The maximum Gasteiger partial charge on any atom is 0.237 e. The smallest absolute Gasteiger partial charge is 0.199 e. The van der Waals surface area contributed by atoms with E-state index < -0.39 is 0 Å². The second-order valence-corrected chi connectivity index (χ2v) is 3.07. The second-order valence-electron chi connectivity index (χ2n) is 2.73. The molecule has 15 heavy (non-hydrogen) atoms. The second kappa shape index (κ2) is 4.03. The van der Waals surface area contributed by atoms with E-state index in [2.05, 4.69) is 15.0 Å². The zero-order valence-electron chi connectivity index (χ0n) is 7.55. The zero-order valence-corrected chi connectivity index (χ0v) is 8.31. The fraction of sp³-hybridized carbons (Fsp3) is 0. The van der Waals surface area contributed by atoms with Crippen molar-refractivity contribution in [3.63, 3.8) is 0 Å². The van der Waals surface area contributed by atoms with Crippen LogP contribution in [-0.4, -0.2) is 15.0 Å². The normalized spacial score (nSPS) is 9.60. The van der Waals surface area contributed by atoms with E-state index in [1.807, 2.05) is 36.4 Å². The molecule has 1 aromatic heterocycles. The maximum absolute atomic E-state index is 8.67. The molecular weight excluding hydrogens is 212 g/mol. The molecule has 4 nitrogen and oxygen atoms in total. The zero-order chi connectivity index (χ0) is 10.7. The Morgan fingerprint density at radius 3 is 2.47 bits per heavy atom. The number of benzene rings is 1. The number of nitriles is 1. The third-order valence-electron chi connectivity index (χ3n) is 1.74. The lowest BCUT2D eigenvalue weighted by Crippen LogP contribution is -1.96. The lowest BCUT2D eigenvalue weighted by Gasteiger charge is -1.99. The average Bonchev–Trinajstić information content (AvgIpc) is 2.29. The van der Waals surface area contributed by atoms with Gasteiger partial charge in [-0.25, -0.2) is 0 Å². The van der Waals surface area contributed by atoms with E-state index in [0.717, 1.165) is 5.56 Å². The Hall–Kier alpha value is -1.99. The molecule has 0 radical (unpaired) electrons. The molecule has 0 saturated heterocycles. The quantitative estimate of drug-likeness (QED) is 0.732. The van der Waals surface area contributed by atoms with E-state index in [4.69, 9.17) is 16.9 Å². The van der Waals surface area contributed by atoms with Crippen molar-refractivity contribution < 1.29 is 0 Å². The van der Waals surface area contributed by atoms with E-state index >= 15 is 0 Å². The number of nitrogens with zero attached hydrogens (tertiary/aromatic N) is 4. The lowest BCUT2D eigenvalue weighted by atomic mass is 10.2. The fourth-order valence-corrected chi connectivity index (χ4v) is 1.28. The monoisotopic (exact) mass is 216 g/mol. The van der Waals surface area contributed by atoms with Crippen LogP contribution in [0.25, 0.3) is 11.4 Å². The molecule has 0 unspecified atom stereocenters. The summed E-state index contributed by atoms with van der Waals surface area (Å²) in [6.45, 7) is 0. The van der Waals surface area contributed by atoms with Gasteiger partial charge < -0.3 is 0 Å². The standard InChI is InChI=1S/C10H5ClN4/c11-10-14-8(6-12)13-9(15-10)7-4-2-1-3-5-7/h1-5H. The van der Waals surface area contributed by atoms with Crippen molar-refractivity contribution in [2.45, 2.75) is 0 Å².